The van der Waals surface area contributed by atoms with Gasteiger partial charge in [-0.25, -0.2) is 0 Å². The molecule has 4 atom stereocenters. The second-order valence-electron chi connectivity index (χ2n) is 21.4. The minimum absolute atomic E-state index is 0.0264. The van der Waals surface area contributed by atoms with E-state index in [-0.39, 0.29) is 17.8 Å². The number of hydrogen-bond donors (Lipinski definition) is 2. The van der Waals surface area contributed by atoms with Gasteiger partial charge in [0.05, 0.1) is 5.92 Å². The van der Waals surface area contributed by atoms with Crippen molar-refractivity contribution in [3.05, 3.63) is 71.3 Å². The van der Waals surface area contributed by atoms with Crippen LogP contribution in [0.4, 0.5) is 0 Å². The summed E-state index contributed by atoms with van der Waals surface area (Å²) in [5.74, 6) is 3.40. The second kappa shape index (κ2) is 64.4. The van der Waals surface area contributed by atoms with Crippen LogP contribution < -0.4 is 10.6 Å². The molecule has 1 saturated heterocycles. The highest BCUT2D eigenvalue weighted by molar-refractivity contribution is 5.76. The van der Waals surface area contributed by atoms with Gasteiger partial charge in [0.2, 0.25) is 12.3 Å². The van der Waals surface area contributed by atoms with Crippen molar-refractivity contribution < 1.29 is 28.7 Å². The van der Waals surface area contributed by atoms with Crippen LogP contribution in [0.5, 0.6) is 0 Å². The van der Waals surface area contributed by atoms with E-state index in [2.05, 4.69) is 102 Å². The van der Waals surface area contributed by atoms with Gasteiger partial charge in [-0.05, 0) is 100.0 Å². The highest BCUT2D eigenvalue weighted by atomic mass is 16.5. The maximum absolute atomic E-state index is 12.9. The number of amides is 2. The zero-order valence-electron chi connectivity index (χ0n) is 55.5. The minimum Gasteiger partial charge on any atom is -0.429 e. The van der Waals surface area contributed by atoms with Gasteiger partial charge in [0, 0.05) is 52.2 Å². The molecule has 3 rings (SSSR count). The van der Waals surface area contributed by atoms with Crippen molar-refractivity contribution in [3.8, 4) is 0 Å². The lowest BCUT2D eigenvalue weighted by Crippen LogP contribution is -2.48. The molecule has 0 bridgehead atoms. The lowest BCUT2D eigenvalue weighted by molar-refractivity contribution is -0.144. The normalized spacial score (nSPS) is 15.2. The Morgan fingerprint density at radius 1 is 0.575 bits per heavy atom. The monoisotopic (exact) mass is 1130 g/mol. The van der Waals surface area contributed by atoms with Gasteiger partial charge in [0.25, 0.3) is 6.47 Å². The molecule has 0 saturated carbocycles. The molecule has 2 N–H and O–H groups in total. The van der Waals surface area contributed by atoms with Crippen molar-refractivity contribution >= 4 is 24.8 Å². The number of ether oxygens (including phenoxy) is 2. The first-order valence-electron chi connectivity index (χ1n) is 33.3. The van der Waals surface area contributed by atoms with E-state index in [9.17, 15) is 19.2 Å². The number of carbonyl (C=O) groups excluding carboxylic acids is 4. The molecule has 1 aliphatic heterocycles. The fourth-order valence-electron chi connectivity index (χ4n) is 8.97. The number of nitrogens with zero attached hydrogens (tertiary/aromatic N) is 2. The van der Waals surface area contributed by atoms with Gasteiger partial charge in [0.1, 0.15) is 11.5 Å². The van der Waals surface area contributed by atoms with Gasteiger partial charge >= 0.3 is 5.97 Å². The summed E-state index contributed by atoms with van der Waals surface area (Å²) in [6.45, 7) is 42.4. The van der Waals surface area contributed by atoms with Crippen LogP contribution in [0.2, 0.25) is 0 Å². The van der Waals surface area contributed by atoms with Gasteiger partial charge < -0.3 is 29.9 Å². The van der Waals surface area contributed by atoms with Crippen molar-refractivity contribution in [1.82, 2.24) is 20.4 Å². The van der Waals surface area contributed by atoms with Gasteiger partial charge in [-0.15, -0.1) is 0 Å². The van der Waals surface area contributed by atoms with E-state index in [0.29, 0.717) is 49.2 Å². The predicted molar refractivity (Wildman–Crippen MR) is 349 cm³/mol. The first-order chi connectivity index (χ1) is 38.9. The Bertz CT molecular complexity index is 1590. The van der Waals surface area contributed by atoms with Crippen LogP contribution >= 0.6 is 0 Å². The van der Waals surface area contributed by atoms with E-state index in [1.54, 1.807) is 12.2 Å². The van der Waals surface area contributed by atoms with Gasteiger partial charge in [-0.3, -0.25) is 19.2 Å². The van der Waals surface area contributed by atoms with Crippen LogP contribution in [0.25, 0.3) is 0 Å². The summed E-state index contributed by atoms with van der Waals surface area (Å²) in [5.41, 5.74) is 2.52. The number of unbranched alkanes of at least 4 members (excludes halogenated alkanes) is 10. The van der Waals surface area contributed by atoms with E-state index < -0.39 is 0 Å². The molecule has 80 heavy (non-hydrogen) atoms. The standard InChI is InChI=1S/C26H44O2.C23H36N4O4.C11H24.C4H10.3C2H6/c1-5-8-9-10-11-12-16-24(20-18-22(4)14-6-2)26(27)28-25-17-13-15-23(7-3)19-21-25;1-20(16-24-18-28)17-27-14-12-26(13-15-27)11-3-10-25-23(30)9-7-21-4-2-5-22(8-6-21)31-19-29;1-4-6-7-8-9-10-11(3)5-2;1-3-4-2;3*1-2/h13,17,19,21-22,24H,5-12,14-16,18,20H2,1-4H3;2,5-6,8,18-20H,3-4,7,9-17H2,1H3,(H,24,28)(H,25,30);11H,4-10H2,1-3H3;3-4H2,1-2H3;3*1-2H3. The fourth-order valence-corrected chi connectivity index (χ4v) is 8.97. The number of allylic oxidation sites excluding steroid dienone is 10. The van der Waals surface area contributed by atoms with Gasteiger partial charge in [-0.1, -0.05) is 255 Å². The van der Waals surface area contributed by atoms with Crippen molar-refractivity contribution in [2.45, 2.75) is 278 Å². The van der Waals surface area contributed by atoms with Crippen molar-refractivity contribution in [2.24, 2.45) is 23.7 Å². The lowest BCUT2D eigenvalue weighted by atomic mass is 9.90. The molecule has 468 valence electrons. The minimum atomic E-state index is -0.0264. The Morgan fingerprint density at radius 3 is 1.69 bits per heavy atom. The Labute approximate surface area is 496 Å². The summed E-state index contributed by atoms with van der Waals surface area (Å²) < 4.78 is 10.6. The average molecular weight is 1130 g/mol. The zero-order valence-corrected chi connectivity index (χ0v) is 55.5. The Balaban J connectivity index is -0.000000537. The molecule has 0 radical (unpaired) electrons. The molecule has 1 heterocycles. The number of piperazine rings is 1. The SMILES string of the molecule is CC.CC.CC.CC(CNC=O)CN1CCN(CCCNC(=O)CCC2=CC=C(OC=O)C=CC2)CC1.CCCC.CCCCCCCC(C)CC.CCCCCCCCC(CCC(C)CCC)C(=O)OC1=CC=C(CC)CC=C1. The number of hydrogen-bond acceptors (Lipinski definition) is 8. The van der Waals surface area contributed by atoms with E-state index in [4.69, 9.17) is 9.47 Å². The van der Waals surface area contributed by atoms with E-state index in [0.717, 1.165) is 115 Å². The zero-order chi connectivity index (χ0) is 60.9. The summed E-state index contributed by atoms with van der Waals surface area (Å²) >= 11 is 0. The number of esters is 1. The summed E-state index contributed by atoms with van der Waals surface area (Å²) in [5, 5.41) is 5.77. The van der Waals surface area contributed by atoms with E-state index >= 15 is 0 Å². The molecule has 0 aromatic rings. The third-order valence-corrected chi connectivity index (χ3v) is 14.4. The molecular formula is C70H132N4O6. The quantitative estimate of drug-likeness (QED) is 0.0359. The largest absolute Gasteiger partial charge is 0.429 e. The summed E-state index contributed by atoms with van der Waals surface area (Å²) in [6.07, 6.45) is 46.8. The van der Waals surface area contributed by atoms with Crippen molar-refractivity contribution in [3.63, 3.8) is 0 Å². The summed E-state index contributed by atoms with van der Waals surface area (Å²) in [4.78, 5) is 50.7. The molecule has 2 amide bonds. The van der Waals surface area contributed by atoms with Crippen LogP contribution in [-0.4, -0.2) is 86.9 Å². The molecule has 4 unspecified atom stereocenters. The molecule has 2 aliphatic carbocycles. The third-order valence-electron chi connectivity index (χ3n) is 14.4. The number of rotatable bonds is 37. The molecular weight excluding hydrogens is 993 g/mol. The maximum atomic E-state index is 12.9. The van der Waals surface area contributed by atoms with Crippen molar-refractivity contribution in [1.29, 1.82) is 0 Å². The Hall–Kier alpha value is -3.76. The topological polar surface area (TPSA) is 117 Å². The second-order valence-corrected chi connectivity index (χ2v) is 21.4. The van der Waals surface area contributed by atoms with Crippen LogP contribution in [0, 0.1) is 23.7 Å². The molecule has 1 fully saturated rings. The first-order valence-corrected chi connectivity index (χ1v) is 33.3. The molecule has 10 nitrogen and oxygen atoms in total. The molecule has 10 heteroatoms. The van der Waals surface area contributed by atoms with E-state index in [1.807, 2.05) is 65.8 Å². The number of carbonyl (C=O) groups is 4. The van der Waals surface area contributed by atoms with Gasteiger partial charge in [0.15, 0.2) is 0 Å². The smallest absolute Gasteiger partial charge is 0.314 e. The highest BCUT2D eigenvalue weighted by Gasteiger charge is 2.22. The molecule has 0 aromatic carbocycles. The maximum Gasteiger partial charge on any atom is 0.314 e. The summed E-state index contributed by atoms with van der Waals surface area (Å²) in [6, 6.07) is 0. The van der Waals surface area contributed by atoms with Crippen LogP contribution in [-0.2, 0) is 28.7 Å². The molecule has 0 aromatic heterocycles. The Morgan fingerprint density at radius 2 is 1.12 bits per heavy atom. The number of nitrogens with one attached hydrogen (secondary N) is 2. The summed E-state index contributed by atoms with van der Waals surface area (Å²) in [7, 11) is 0. The van der Waals surface area contributed by atoms with Crippen LogP contribution in [0.1, 0.15) is 278 Å². The highest BCUT2D eigenvalue weighted by Crippen LogP contribution is 2.25. The van der Waals surface area contributed by atoms with Gasteiger partial charge in [-0.2, -0.15) is 0 Å². The molecule has 0 spiro atoms. The third kappa shape index (κ3) is 52.3. The first kappa shape index (κ1) is 82.7. The fraction of sp³-hybridized carbons (Fsp3) is 0.771. The van der Waals surface area contributed by atoms with Crippen LogP contribution in [0.15, 0.2) is 71.3 Å². The Kier molecular flexibility index (Phi) is 66.6. The van der Waals surface area contributed by atoms with Crippen LogP contribution in [0.3, 0.4) is 0 Å². The van der Waals surface area contributed by atoms with E-state index in [1.165, 1.54) is 108 Å². The predicted octanol–water partition coefficient (Wildman–Crippen LogP) is 18.8. The lowest BCUT2D eigenvalue weighted by Gasteiger charge is -2.35. The average Bonchev–Trinajstić information content (AvgIpc) is 3.87. The molecule has 3 aliphatic rings. The van der Waals surface area contributed by atoms with Crippen molar-refractivity contribution in [2.75, 3.05) is 52.4 Å².